The van der Waals surface area contributed by atoms with Crippen molar-refractivity contribution in [3.05, 3.63) is 120 Å². The second-order valence-electron chi connectivity index (χ2n) is 7.22. The molecular formula is C26H22N3PS. The molecule has 31 heavy (non-hydrogen) atoms. The molecule has 5 aromatic rings. The lowest BCUT2D eigenvalue weighted by Crippen LogP contribution is -2.19. The maximum Gasteiger partial charge on any atom is 0.191 e. The summed E-state index contributed by atoms with van der Waals surface area (Å²) in [5, 5.41) is 2.28. The van der Waals surface area contributed by atoms with Crippen LogP contribution in [-0.2, 0) is 7.05 Å². The van der Waals surface area contributed by atoms with Crippen LogP contribution in [0, 0.1) is 0 Å². The number of rotatable bonds is 4. The average molecular weight is 440 g/mol. The van der Waals surface area contributed by atoms with Gasteiger partial charge in [0.1, 0.15) is 7.21 Å². The van der Waals surface area contributed by atoms with Gasteiger partial charge in [-0.25, -0.2) is 9.51 Å². The second kappa shape index (κ2) is 8.50. The van der Waals surface area contributed by atoms with E-state index < -0.39 is 7.21 Å². The summed E-state index contributed by atoms with van der Waals surface area (Å²) in [6.45, 7) is 0. The Kier molecular flexibility index (Phi) is 5.42. The number of benzene rings is 4. The highest BCUT2D eigenvalue weighted by atomic mass is 32.1. The molecule has 1 heterocycles. The third-order valence-corrected chi connectivity index (χ3v) is 9.48. The highest BCUT2D eigenvalue weighted by Crippen LogP contribution is 2.51. The van der Waals surface area contributed by atoms with Gasteiger partial charge in [-0.2, -0.15) is 0 Å². The van der Waals surface area contributed by atoms with Gasteiger partial charge in [0.05, 0.1) is 15.9 Å². The monoisotopic (exact) mass is 439 g/mol. The quantitative estimate of drug-likeness (QED) is 0.297. The van der Waals surface area contributed by atoms with Crippen molar-refractivity contribution in [2.24, 2.45) is 16.6 Å². The van der Waals surface area contributed by atoms with Crippen molar-refractivity contribution in [1.29, 1.82) is 0 Å². The van der Waals surface area contributed by atoms with Crippen molar-refractivity contribution in [3.63, 3.8) is 0 Å². The van der Waals surface area contributed by atoms with E-state index in [0.717, 1.165) is 21.1 Å². The van der Waals surface area contributed by atoms with Crippen molar-refractivity contribution >= 4 is 45.1 Å². The van der Waals surface area contributed by atoms with Crippen molar-refractivity contribution in [2.75, 3.05) is 0 Å². The van der Waals surface area contributed by atoms with E-state index in [1.165, 1.54) is 10.2 Å². The van der Waals surface area contributed by atoms with Crippen LogP contribution in [0.5, 0.6) is 0 Å². The van der Waals surface area contributed by atoms with Crippen LogP contribution >= 0.6 is 18.5 Å². The molecule has 0 fully saturated rings. The first-order chi connectivity index (χ1) is 15.3. The van der Waals surface area contributed by atoms with Crippen LogP contribution in [0.1, 0.15) is 0 Å². The van der Waals surface area contributed by atoms with E-state index >= 15 is 0 Å². The molecule has 0 amide bonds. The molecule has 0 radical (unpaired) electrons. The summed E-state index contributed by atoms with van der Waals surface area (Å²) in [4.78, 5) is 0.974. The smallest absolute Gasteiger partial charge is 0.191 e. The summed E-state index contributed by atoms with van der Waals surface area (Å²) in [7, 11) is -0.399. The van der Waals surface area contributed by atoms with Gasteiger partial charge < -0.3 is 4.57 Å². The lowest BCUT2D eigenvalue weighted by atomic mass is 10.3. The molecular weight excluding hydrogens is 417 g/mol. The number of thiazole rings is 1. The van der Waals surface area contributed by atoms with Crippen LogP contribution in [0.2, 0.25) is 0 Å². The maximum atomic E-state index is 5.49. The molecule has 1 aromatic heterocycles. The third kappa shape index (κ3) is 3.81. The summed E-state index contributed by atoms with van der Waals surface area (Å²) >= 11 is 1.71. The molecule has 0 saturated carbocycles. The highest BCUT2D eigenvalue weighted by Gasteiger charge is 2.25. The molecule has 0 aliphatic heterocycles. The molecule has 5 rings (SSSR count). The Morgan fingerprint density at radius 2 is 1.16 bits per heavy atom. The number of hydrogen-bond donors (Lipinski definition) is 0. The molecule has 0 aliphatic rings. The van der Waals surface area contributed by atoms with Crippen molar-refractivity contribution < 1.29 is 0 Å². The fraction of sp³-hybridized carbons (Fsp3) is 0.0385. The van der Waals surface area contributed by atoms with Gasteiger partial charge in [-0.05, 0) is 24.3 Å². The second-order valence-corrected chi connectivity index (χ2v) is 10.9. The Hall–Kier alpha value is -3.20. The van der Waals surface area contributed by atoms with Crippen molar-refractivity contribution in [3.8, 4) is 0 Å². The zero-order chi connectivity index (χ0) is 21.1. The predicted molar refractivity (Wildman–Crippen MR) is 134 cm³/mol. The zero-order valence-electron chi connectivity index (χ0n) is 17.2. The van der Waals surface area contributed by atoms with Crippen LogP contribution in [0.4, 0.5) is 5.69 Å². The summed E-state index contributed by atoms with van der Waals surface area (Å²) in [6, 6.07) is 39.7. The molecule has 0 bridgehead atoms. The number of aromatic nitrogens is 1. The molecule has 0 spiro atoms. The molecule has 4 aromatic carbocycles. The largest absolute Gasteiger partial charge is 0.320 e. The molecule has 0 unspecified atom stereocenters. The Morgan fingerprint density at radius 3 is 1.74 bits per heavy atom. The Labute approximate surface area is 186 Å². The van der Waals surface area contributed by atoms with E-state index in [-0.39, 0.29) is 0 Å². The first-order valence-corrected chi connectivity index (χ1v) is 12.7. The van der Waals surface area contributed by atoms with Gasteiger partial charge in [-0.15, -0.1) is 0 Å². The summed E-state index contributed by atoms with van der Waals surface area (Å²) in [6.07, 6.45) is 0. The molecule has 0 atom stereocenters. The number of para-hydroxylation sites is 1. The minimum Gasteiger partial charge on any atom is -0.320 e. The zero-order valence-corrected chi connectivity index (χ0v) is 18.9. The minimum absolute atomic E-state index is 0.941. The van der Waals surface area contributed by atoms with Crippen LogP contribution in [-0.4, -0.2) is 4.57 Å². The molecule has 152 valence electrons. The van der Waals surface area contributed by atoms with Gasteiger partial charge >= 0.3 is 0 Å². The van der Waals surface area contributed by atoms with Crippen molar-refractivity contribution in [2.45, 2.75) is 0 Å². The number of aryl methyl sites for hydroxylation is 1. The summed E-state index contributed by atoms with van der Waals surface area (Å²) in [5.41, 5.74) is 2.13. The normalized spacial score (nSPS) is 12.2. The van der Waals surface area contributed by atoms with Crippen LogP contribution in [0.3, 0.4) is 0 Å². The minimum atomic E-state index is -2.49. The molecule has 5 heteroatoms. The molecule has 0 N–H and O–H groups in total. The van der Waals surface area contributed by atoms with E-state index in [2.05, 4.69) is 96.5 Å². The topological polar surface area (TPSA) is 29.6 Å². The first kappa shape index (κ1) is 19.7. The average Bonchev–Trinajstić information content (AvgIpc) is 3.15. The fourth-order valence-corrected chi connectivity index (χ4v) is 7.87. The van der Waals surface area contributed by atoms with Crippen LogP contribution < -0.4 is 15.4 Å². The number of nitrogens with zero attached hydrogens (tertiary/aromatic N) is 3. The third-order valence-electron chi connectivity index (χ3n) is 5.19. The van der Waals surface area contributed by atoms with Gasteiger partial charge in [-0.3, -0.25) is 0 Å². The van der Waals surface area contributed by atoms with E-state index in [1.54, 1.807) is 11.3 Å². The lowest BCUT2D eigenvalue weighted by molar-refractivity contribution is 0.920. The molecule has 3 nitrogen and oxygen atoms in total. The van der Waals surface area contributed by atoms with Gasteiger partial charge in [0.2, 0.25) is 0 Å². The van der Waals surface area contributed by atoms with E-state index in [4.69, 9.17) is 9.51 Å². The Bertz CT molecular complexity index is 1390. The van der Waals surface area contributed by atoms with Crippen LogP contribution in [0.15, 0.2) is 125 Å². The number of fused-ring (bicyclic) bond motifs is 1. The fourth-order valence-electron chi connectivity index (χ4n) is 3.64. The Balaban J connectivity index is 1.93. The predicted octanol–water partition coefficient (Wildman–Crippen LogP) is 6.24. The maximum absolute atomic E-state index is 5.49. The standard InChI is InChI=1S/C26H22N3PS/c1-29-24-19-11-12-20-25(24)31-26(29)28-30(22-15-7-3-8-16-22,23-17-9-4-10-18-23)27-21-13-5-2-6-14-21/h2-20H,1H3/b28-26-. The molecule has 0 aliphatic carbocycles. The Morgan fingerprint density at radius 1 is 0.645 bits per heavy atom. The van der Waals surface area contributed by atoms with E-state index in [0.29, 0.717) is 0 Å². The summed E-state index contributed by atoms with van der Waals surface area (Å²) in [5.74, 6) is 0. The van der Waals surface area contributed by atoms with E-state index in [1.807, 2.05) is 30.3 Å². The lowest BCUT2D eigenvalue weighted by Gasteiger charge is -2.21. The number of hydrogen-bond acceptors (Lipinski definition) is 2. The highest BCUT2D eigenvalue weighted by molar-refractivity contribution is 7.79. The van der Waals surface area contributed by atoms with Gasteiger partial charge in [0.15, 0.2) is 4.80 Å². The molecule has 0 saturated heterocycles. The summed E-state index contributed by atoms with van der Waals surface area (Å²) < 4.78 is 14.3. The van der Waals surface area contributed by atoms with E-state index in [9.17, 15) is 0 Å². The van der Waals surface area contributed by atoms with Crippen LogP contribution in [0.25, 0.3) is 10.2 Å². The SMILES string of the molecule is Cn1/c(=N/P(=Nc2ccccc2)(c2ccccc2)c2ccccc2)sc2ccccc21. The van der Waals surface area contributed by atoms with Crippen molar-refractivity contribution in [1.82, 2.24) is 4.57 Å². The first-order valence-electron chi connectivity index (χ1n) is 10.2. The van der Waals surface area contributed by atoms with Gasteiger partial charge in [-0.1, -0.05) is 102 Å². The van der Waals surface area contributed by atoms with Gasteiger partial charge in [0.25, 0.3) is 0 Å². The van der Waals surface area contributed by atoms with Gasteiger partial charge in [0, 0.05) is 17.7 Å².